The quantitative estimate of drug-likeness (QED) is 0.491. The maximum Gasteiger partial charge on any atom is 0.312 e. The number of rotatable bonds is 5. The minimum Gasteiger partial charge on any atom is -0.469 e. The van der Waals surface area contributed by atoms with Gasteiger partial charge in [0.05, 0.1) is 19.1 Å². The van der Waals surface area contributed by atoms with Crippen LogP contribution < -0.4 is 0 Å². The lowest BCUT2D eigenvalue weighted by molar-refractivity contribution is -0.151. The summed E-state index contributed by atoms with van der Waals surface area (Å²) in [5.41, 5.74) is 4.09. The number of hydrogen-bond donors (Lipinski definition) is 1. The Hall–Kier alpha value is -2.84. The molecule has 0 radical (unpaired) electrons. The van der Waals surface area contributed by atoms with Gasteiger partial charge in [-0.3, -0.25) is 4.79 Å². The van der Waals surface area contributed by atoms with Crippen molar-refractivity contribution in [3.8, 4) is 0 Å². The fraction of sp³-hybridized carbons (Fsp3) is 0.364. The second kappa shape index (κ2) is 7.45. The van der Waals surface area contributed by atoms with Crippen LogP contribution in [0, 0.1) is 12.3 Å². The summed E-state index contributed by atoms with van der Waals surface area (Å²) in [5.74, 6) is -0.666. The van der Waals surface area contributed by atoms with Crippen LogP contribution in [0.5, 0.6) is 0 Å². The van der Waals surface area contributed by atoms with Gasteiger partial charge < -0.3 is 9.84 Å². The highest BCUT2D eigenvalue weighted by atomic mass is 32.1. The molecule has 3 heterocycles. The monoisotopic (exact) mass is 424 g/mol. The largest absolute Gasteiger partial charge is 0.469 e. The fourth-order valence-corrected chi connectivity index (χ4v) is 5.12. The van der Waals surface area contributed by atoms with E-state index in [1.807, 2.05) is 38.3 Å². The van der Waals surface area contributed by atoms with E-state index in [1.165, 1.54) is 7.11 Å². The number of aliphatic hydroxyl groups is 1. The molecule has 1 aromatic carbocycles. The van der Waals surface area contributed by atoms with E-state index in [0.717, 1.165) is 32.3 Å². The van der Waals surface area contributed by atoms with Gasteiger partial charge in [0.15, 0.2) is 5.65 Å². The van der Waals surface area contributed by atoms with Crippen LogP contribution in [0.4, 0.5) is 0 Å². The third kappa shape index (κ3) is 3.07. The Kier molecular flexibility index (Phi) is 5.07. The van der Waals surface area contributed by atoms with Crippen LogP contribution >= 0.6 is 11.3 Å². The SMILES string of the molecule is COC(=O)C(C)(C)[C@H](c1cc(CO)c2sccc2c1)c1cnc2c(nnn2C)c1C. The lowest BCUT2D eigenvalue weighted by atomic mass is 9.70. The number of benzene rings is 1. The van der Waals surface area contributed by atoms with E-state index in [9.17, 15) is 9.90 Å². The number of aromatic nitrogens is 4. The third-order valence-corrected chi connectivity index (χ3v) is 6.82. The first-order valence-corrected chi connectivity index (χ1v) is 10.5. The zero-order valence-electron chi connectivity index (χ0n) is 17.6. The molecule has 7 nitrogen and oxygen atoms in total. The molecule has 0 aliphatic rings. The van der Waals surface area contributed by atoms with Crippen LogP contribution in [0.2, 0.25) is 0 Å². The van der Waals surface area contributed by atoms with E-state index < -0.39 is 5.41 Å². The van der Waals surface area contributed by atoms with E-state index in [1.54, 1.807) is 29.3 Å². The number of pyridine rings is 1. The predicted molar refractivity (Wildman–Crippen MR) is 116 cm³/mol. The molecule has 1 N–H and O–H groups in total. The van der Waals surface area contributed by atoms with Gasteiger partial charge in [-0.05, 0) is 65.9 Å². The number of ether oxygens (including phenoxy) is 1. The highest BCUT2D eigenvalue weighted by Crippen LogP contribution is 2.45. The van der Waals surface area contributed by atoms with Crippen molar-refractivity contribution in [1.29, 1.82) is 0 Å². The van der Waals surface area contributed by atoms with Crippen molar-refractivity contribution >= 4 is 38.6 Å². The van der Waals surface area contributed by atoms with Crippen LogP contribution in [-0.4, -0.2) is 38.2 Å². The smallest absolute Gasteiger partial charge is 0.312 e. The minimum atomic E-state index is -0.881. The summed E-state index contributed by atoms with van der Waals surface area (Å²) in [6, 6.07) is 6.09. The second-order valence-electron chi connectivity index (χ2n) is 8.05. The zero-order chi connectivity index (χ0) is 21.6. The summed E-state index contributed by atoms with van der Waals surface area (Å²) in [4.78, 5) is 17.4. The van der Waals surface area contributed by atoms with Crippen LogP contribution in [0.1, 0.15) is 42.0 Å². The maximum atomic E-state index is 12.8. The highest BCUT2D eigenvalue weighted by Gasteiger charge is 2.41. The number of carbonyl (C=O) groups is 1. The number of hydrogen-bond acceptors (Lipinski definition) is 7. The summed E-state index contributed by atoms with van der Waals surface area (Å²) in [6.07, 6.45) is 1.80. The Balaban J connectivity index is 2.01. The normalized spacial score (nSPS) is 13.1. The van der Waals surface area contributed by atoms with Crippen LogP contribution in [0.3, 0.4) is 0 Å². The molecule has 0 saturated carbocycles. The zero-order valence-corrected chi connectivity index (χ0v) is 18.4. The van der Waals surface area contributed by atoms with Gasteiger partial charge in [-0.15, -0.1) is 16.4 Å². The molecule has 156 valence electrons. The number of fused-ring (bicyclic) bond motifs is 2. The topological polar surface area (TPSA) is 90.1 Å². The Bertz CT molecular complexity index is 1260. The highest BCUT2D eigenvalue weighted by molar-refractivity contribution is 7.17. The van der Waals surface area contributed by atoms with Crippen molar-refractivity contribution < 1.29 is 14.6 Å². The van der Waals surface area contributed by atoms with E-state index in [2.05, 4.69) is 21.4 Å². The first kappa shape index (κ1) is 20.4. The Morgan fingerprint density at radius 2 is 2.13 bits per heavy atom. The molecule has 4 rings (SSSR count). The number of carbonyl (C=O) groups excluding carboxylic acids is 1. The molecule has 3 aromatic heterocycles. The molecule has 4 aromatic rings. The summed E-state index contributed by atoms with van der Waals surface area (Å²) in [7, 11) is 3.20. The minimum absolute atomic E-state index is 0.0728. The van der Waals surface area contributed by atoms with Crippen LogP contribution in [-0.2, 0) is 23.2 Å². The van der Waals surface area contributed by atoms with Crippen molar-refractivity contribution in [2.45, 2.75) is 33.3 Å². The molecule has 0 aliphatic heterocycles. The van der Waals surface area contributed by atoms with Crippen molar-refractivity contribution in [2.24, 2.45) is 12.5 Å². The molecule has 0 aliphatic carbocycles. The molecule has 8 heteroatoms. The Labute approximate surface area is 178 Å². The van der Waals surface area contributed by atoms with Crippen molar-refractivity contribution in [1.82, 2.24) is 20.0 Å². The molecular formula is C22H24N4O3S. The lowest BCUT2D eigenvalue weighted by Gasteiger charge is -2.33. The summed E-state index contributed by atoms with van der Waals surface area (Å²) < 4.78 is 7.84. The number of aliphatic hydroxyl groups excluding tert-OH is 1. The lowest BCUT2D eigenvalue weighted by Crippen LogP contribution is -2.34. The summed E-state index contributed by atoms with van der Waals surface area (Å²) in [5, 5.41) is 21.4. The number of methoxy groups -OCH3 is 1. The average Bonchev–Trinajstić information content (AvgIpc) is 3.35. The van der Waals surface area contributed by atoms with Gasteiger partial charge in [-0.25, -0.2) is 9.67 Å². The first-order valence-electron chi connectivity index (χ1n) is 9.63. The number of thiophene rings is 1. The van der Waals surface area contributed by atoms with Crippen molar-refractivity contribution in [3.05, 3.63) is 52.0 Å². The van der Waals surface area contributed by atoms with E-state index in [0.29, 0.717) is 11.2 Å². The molecular weight excluding hydrogens is 400 g/mol. The van der Waals surface area contributed by atoms with E-state index >= 15 is 0 Å². The van der Waals surface area contributed by atoms with Gasteiger partial charge in [0.25, 0.3) is 0 Å². The first-order chi connectivity index (χ1) is 14.3. The van der Waals surface area contributed by atoms with Gasteiger partial charge in [-0.2, -0.15) is 0 Å². The van der Waals surface area contributed by atoms with Gasteiger partial charge in [0.2, 0.25) is 0 Å². The third-order valence-electron chi connectivity index (χ3n) is 5.81. The number of nitrogens with zero attached hydrogens (tertiary/aromatic N) is 4. The van der Waals surface area contributed by atoms with Crippen molar-refractivity contribution in [2.75, 3.05) is 7.11 Å². The summed E-state index contributed by atoms with van der Waals surface area (Å²) in [6.45, 7) is 5.65. The standard InChI is InChI=1S/C22H24N4O3S/c1-12-16(10-23-20-18(12)24-25-26(20)4)17(22(2,3)21(28)29-5)14-8-13-6-7-30-19(13)15(9-14)11-27/h6-10,17,27H,11H2,1-5H3/t17-/m1/s1. The Morgan fingerprint density at radius 3 is 2.83 bits per heavy atom. The number of aryl methyl sites for hydroxylation is 2. The fourth-order valence-electron chi connectivity index (χ4n) is 4.23. The molecule has 1 atom stereocenters. The molecule has 0 spiro atoms. The molecule has 0 amide bonds. The average molecular weight is 425 g/mol. The molecule has 30 heavy (non-hydrogen) atoms. The Morgan fingerprint density at radius 1 is 1.37 bits per heavy atom. The van der Waals surface area contributed by atoms with Gasteiger partial charge >= 0.3 is 5.97 Å². The van der Waals surface area contributed by atoms with Gasteiger partial charge in [0, 0.05) is 23.9 Å². The van der Waals surface area contributed by atoms with Gasteiger partial charge in [0.1, 0.15) is 5.52 Å². The number of esters is 1. The molecule has 0 unspecified atom stereocenters. The van der Waals surface area contributed by atoms with E-state index in [-0.39, 0.29) is 18.5 Å². The molecule has 0 saturated heterocycles. The van der Waals surface area contributed by atoms with Crippen molar-refractivity contribution in [3.63, 3.8) is 0 Å². The maximum absolute atomic E-state index is 12.8. The summed E-state index contributed by atoms with van der Waals surface area (Å²) >= 11 is 1.60. The van der Waals surface area contributed by atoms with Crippen LogP contribution in [0.15, 0.2) is 29.8 Å². The van der Waals surface area contributed by atoms with E-state index in [4.69, 9.17) is 4.74 Å². The second-order valence-corrected chi connectivity index (χ2v) is 8.96. The predicted octanol–water partition coefficient (Wildman–Crippen LogP) is 3.71. The molecule has 0 bridgehead atoms. The van der Waals surface area contributed by atoms with Crippen LogP contribution in [0.25, 0.3) is 21.3 Å². The molecule has 0 fully saturated rings. The van der Waals surface area contributed by atoms with Gasteiger partial charge in [-0.1, -0.05) is 11.3 Å².